The average Bonchev–Trinajstić information content (AvgIpc) is 2.37. The Balaban J connectivity index is 2.24. The van der Waals surface area contributed by atoms with E-state index in [1.54, 1.807) is 11.8 Å². The summed E-state index contributed by atoms with van der Waals surface area (Å²) in [4.78, 5) is 11.6. The molecule has 4 nitrogen and oxygen atoms in total. The SMILES string of the molecule is CCNc1cc(N2CC(C)CC(C)C2)nc(SC)n1. The number of rotatable bonds is 4. The van der Waals surface area contributed by atoms with Crippen LogP contribution < -0.4 is 10.2 Å². The molecule has 1 saturated heterocycles. The van der Waals surface area contributed by atoms with Crippen LogP contribution in [-0.4, -0.2) is 35.9 Å². The second-order valence-electron chi connectivity index (χ2n) is 5.48. The van der Waals surface area contributed by atoms with Crippen molar-refractivity contribution in [2.75, 3.05) is 36.1 Å². The number of anilines is 2. The molecule has 0 spiro atoms. The van der Waals surface area contributed by atoms with E-state index in [1.807, 2.05) is 6.26 Å². The van der Waals surface area contributed by atoms with Gasteiger partial charge in [-0.1, -0.05) is 25.6 Å². The molecule has 0 aromatic carbocycles. The zero-order valence-corrected chi connectivity index (χ0v) is 13.1. The first kappa shape index (κ1) is 14.4. The van der Waals surface area contributed by atoms with E-state index < -0.39 is 0 Å². The van der Waals surface area contributed by atoms with E-state index in [1.165, 1.54) is 6.42 Å². The average molecular weight is 280 g/mol. The van der Waals surface area contributed by atoms with Gasteiger partial charge in [-0.3, -0.25) is 0 Å². The highest BCUT2D eigenvalue weighted by atomic mass is 32.2. The normalized spacial score (nSPS) is 23.5. The van der Waals surface area contributed by atoms with Gasteiger partial charge in [0.15, 0.2) is 5.16 Å². The molecule has 1 aromatic heterocycles. The molecule has 0 amide bonds. The van der Waals surface area contributed by atoms with Crippen molar-refractivity contribution in [3.63, 3.8) is 0 Å². The minimum Gasteiger partial charge on any atom is -0.370 e. The molecular formula is C14H24N4S. The van der Waals surface area contributed by atoms with Gasteiger partial charge in [-0.05, 0) is 31.4 Å². The largest absolute Gasteiger partial charge is 0.370 e. The number of nitrogens with one attached hydrogen (secondary N) is 1. The first-order valence-corrected chi connectivity index (χ1v) is 8.26. The van der Waals surface area contributed by atoms with Gasteiger partial charge in [0.05, 0.1) is 0 Å². The van der Waals surface area contributed by atoms with E-state index in [4.69, 9.17) is 0 Å². The Bertz CT molecular complexity index is 414. The Morgan fingerprint density at radius 3 is 2.58 bits per heavy atom. The maximum absolute atomic E-state index is 4.66. The van der Waals surface area contributed by atoms with Crippen LogP contribution in [0.2, 0.25) is 0 Å². The third kappa shape index (κ3) is 3.75. The Morgan fingerprint density at radius 2 is 2.00 bits per heavy atom. The molecule has 1 aromatic rings. The number of hydrogen-bond donors (Lipinski definition) is 1. The van der Waals surface area contributed by atoms with Crippen molar-refractivity contribution >= 4 is 23.4 Å². The van der Waals surface area contributed by atoms with Crippen molar-refractivity contribution in [2.24, 2.45) is 11.8 Å². The van der Waals surface area contributed by atoms with E-state index in [0.29, 0.717) is 0 Å². The number of nitrogens with zero attached hydrogens (tertiary/aromatic N) is 3. The predicted octanol–water partition coefficient (Wildman–Crippen LogP) is 3.11. The van der Waals surface area contributed by atoms with Crippen molar-refractivity contribution in [1.82, 2.24) is 9.97 Å². The fraction of sp³-hybridized carbons (Fsp3) is 0.714. The number of hydrogen-bond acceptors (Lipinski definition) is 5. The molecule has 1 N–H and O–H groups in total. The Labute approximate surface area is 120 Å². The maximum Gasteiger partial charge on any atom is 0.191 e. The molecule has 1 fully saturated rings. The summed E-state index contributed by atoms with van der Waals surface area (Å²) in [5.74, 6) is 3.47. The van der Waals surface area contributed by atoms with E-state index >= 15 is 0 Å². The zero-order valence-electron chi connectivity index (χ0n) is 12.3. The number of aromatic nitrogens is 2. The summed E-state index contributed by atoms with van der Waals surface area (Å²) < 4.78 is 0. The van der Waals surface area contributed by atoms with Crippen molar-refractivity contribution in [3.05, 3.63) is 6.07 Å². The van der Waals surface area contributed by atoms with Gasteiger partial charge in [0.2, 0.25) is 0 Å². The van der Waals surface area contributed by atoms with Crippen LogP contribution in [0.5, 0.6) is 0 Å². The van der Waals surface area contributed by atoms with E-state index in [2.05, 4.69) is 47.0 Å². The van der Waals surface area contributed by atoms with Crippen LogP contribution in [0.25, 0.3) is 0 Å². The predicted molar refractivity (Wildman–Crippen MR) is 83.1 cm³/mol. The highest BCUT2D eigenvalue weighted by Crippen LogP contribution is 2.27. The van der Waals surface area contributed by atoms with E-state index in [-0.39, 0.29) is 0 Å². The molecular weight excluding hydrogens is 256 g/mol. The number of thioether (sulfide) groups is 1. The minimum atomic E-state index is 0.735. The molecule has 2 unspecified atom stereocenters. The molecule has 0 aliphatic carbocycles. The summed E-state index contributed by atoms with van der Waals surface area (Å²) in [6.07, 6.45) is 3.34. The molecule has 5 heteroatoms. The highest BCUT2D eigenvalue weighted by molar-refractivity contribution is 7.98. The van der Waals surface area contributed by atoms with Crippen LogP contribution >= 0.6 is 11.8 Å². The quantitative estimate of drug-likeness (QED) is 0.678. The molecule has 2 heterocycles. The topological polar surface area (TPSA) is 41.0 Å². The fourth-order valence-electron chi connectivity index (χ4n) is 2.79. The first-order chi connectivity index (χ1) is 9.12. The molecule has 2 rings (SSSR count). The van der Waals surface area contributed by atoms with Gasteiger partial charge < -0.3 is 10.2 Å². The standard InChI is InChI=1S/C14H24N4S/c1-5-15-12-7-13(17-14(16-12)19-4)18-8-10(2)6-11(3)9-18/h7,10-11H,5-6,8-9H2,1-4H3,(H,15,16,17). The van der Waals surface area contributed by atoms with Crippen LogP contribution in [0.15, 0.2) is 11.2 Å². The fourth-order valence-corrected chi connectivity index (χ4v) is 3.16. The van der Waals surface area contributed by atoms with Crippen molar-refractivity contribution < 1.29 is 0 Å². The zero-order chi connectivity index (χ0) is 13.8. The van der Waals surface area contributed by atoms with Gasteiger partial charge >= 0.3 is 0 Å². The van der Waals surface area contributed by atoms with Gasteiger partial charge in [0, 0.05) is 25.7 Å². The van der Waals surface area contributed by atoms with Gasteiger partial charge in [0.1, 0.15) is 11.6 Å². The minimum absolute atomic E-state index is 0.735. The van der Waals surface area contributed by atoms with Crippen molar-refractivity contribution in [3.8, 4) is 0 Å². The smallest absolute Gasteiger partial charge is 0.191 e. The summed E-state index contributed by atoms with van der Waals surface area (Å²) in [7, 11) is 0. The van der Waals surface area contributed by atoms with Gasteiger partial charge in [0.25, 0.3) is 0 Å². The lowest BCUT2D eigenvalue weighted by Gasteiger charge is -2.36. The number of piperidine rings is 1. The second-order valence-corrected chi connectivity index (χ2v) is 6.25. The molecule has 1 aliphatic heterocycles. The van der Waals surface area contributed by atoms with Crippen LogP contribution in [0.4, 0.5) is 11.6 Å². The van der Waals surface area contributed by atoms with Gasteiger partial charge in [-0.2, -0.15) is 0 Å². The lowest BCUT2D eigenvalue weighted by molar-refractivity contribution is 0.355. The third-order valence-electron chi connectivity index (χ3n) is 3.43. The van der Waals surface area contributed by atoms with Crippen molar-refractivity contribution in [2.45, 2.75) is 32.3 Å². The lowest BCUT2D eigenvalue weighted by Crippen LogP contribution is -2.39. The summed E-state index contributed by atoms with van der Waals surface area (Å²) in [6.45, 7) is 9.82. The Morgan fingerprint density at radius 1 is 1.32 bits per heavy atom. The molecule has 0 saturated carbocycles. The molecule has 2 atom stereocenters. The van der Waals surface area contributed by atoms with E-state index in [9.17, 15) is 0 Å². The monoisotopic (exact) mass is 280 g/mol. The van der Waals surface area contributed by atoms with E-state index in [0.717, 1.165) is 48.3 Å². The second kappa shape index (κ2) is 6.46. The van der Waals surface area contributed by atoms with Crippen LogP contribution in [0, 0.1) is 11.8 Å². The van der Waals surface area contributed by atoms with Crippen LogP contribution in [0.3, 0.4) is 0 Å². The Hall–Kier alpha value is -0.970. The molecule has 1 aliphatic rings. The molecule has 19 heavy (non-hydrogen) atoms. The summed E-state index contributed by atoms with van der Waals surface area (Å²) >= 11 is 1.60. The summed E-state index contributed by atoms with van der Waals surface area (Å²) in [6, 6.07) is 2.08. The summed E-state index contributed by atoms with van der Waals surface area (Å²) in [5.41, 5.74) is 0. The molecule has 0 radical (unpaired) electrons. The van der Waals surface area contributed by atoms with Crippen LogP contribution in [-0.2, 0) is 0 Å². The first-order valence-electron chi connectivity index (χ1n) is 7.04. The van der Waals surface area contributed by atoms with Gasteiger partial charge in [-0.25, -0.2) is 9.97 Å². The summed E-state index contributed by atoms with van der Waals surface area (Å²) in [5, 5.41) is 4.14. The molecule has 106 valence electrons. The van der Waals surface area contributed by atoms with Gasteiger partial charge in [-0.15, -0.1) is 0 Å². The lowest BCUT2D eigenvalue weighted by atomic mass is 9.92. The Kier molecular flexibility index (Phi) is 4.91. The highest BCUT2D eigenvalue weighted by Gasteiger charge is 2.23. The third-order valence-corrected chi connectivity index (χ3v) is 3.97. The maximum atomic E-state index is 4.66. The molecule has 0 bridgehead atoms. The van der Waals surface area contributed by atoms with Crippen molar-refractivity contribution in [1.29, 1.82) is 0 Å². The van der Waals surface area contributed by atoms with Crippen LogP contribution in [0.1, 0.15) is 27.2 Å².